The number of aliphatic hydroxyl groups excluding tert-OH is 1. The Morgan fingerprint density at radius 3 is 2.75 bits per heavy atom. The first-order valence-corrected chi connectivity index (χ1v) is 6.03. The van der Waals surface area contributed by atoms with Crippen molar-refractivity contribution in [1.82, 2.24) is 0 Å². The van der Waals surface area contributed by atoms with Crippen LogP contribution in [-0.4, -0.2) is 17.5 Å². The molecule has 0 aliphatic rings. The molecule has 1 aromatic rings. The van der Waals surface area contributed by atoms with Gasteiger partial charge in [-0.05, 0) is 25.5 Å². The molecule has 1 N–H and O–H groups in total. The largest absolute Gasteiger partial charge is 0.494 e. The standard InChI is InChI=1S/C12H15BrO3/c1-3-16-10-6-4-5-9(7-14)11(10)12(13)8(2)15/h4-6,12,14H,3,7H2,1-2H3. The van der Waals surface area contributed by atoms with E-state index in [1.54, 1.807) is 18.2 Å². The van der Waals surface area contributed by atoms with Crippen LogP contribution >= 0.6 is 15.9 Å². The van der Waals surface area contributed by atoms with E-state index in [1.165, 1.54) is 6.92 Å². The van der Waals surface area contributed by atoms with Crippen LogP contribution < -0.4 is 4.74 Å². The zero-order valence-electron chi connectivity index (χ0n) is 9.37. The van der Waals surface area contributed by atoms with Crippen LogP contribution in [0.15, 0.2) is 18.2 Å². The van der Waals surface area contributed by atoms with Gasteiger partial charge in [-0.1, -0.05) is 28.1 Å². The van der Waals surface area contributed by atoms with Crippen LogP contribution in [0.1, 0.15) is 29.8 Å². The third-order valence-electron chi connectivity index (χ3n) is 2.24. The highest BCUT2D eigenvalue weighted by atomic mass is 79.9. The minimum atomic E-state index is -0.433. The van der Waals surface area contributed by atoms with Gasteiger partial charge >= 0.3 is 0 Å². The van der Waals surface area contributed by atoms with E-state index in [4.69, 9.17) is 4.74 Å². The van der Waals surface area contributed by atoms with Crippen molar-refractivity contribution < 1.29 is 14.6 Å². The maximum absolute atomic E-state index is 11.4. The number of hydrogen-bond acceptors (Lipinski definition) is 3. The molecular formula is C12H15BrO3. The van der Waals surface area contributed by atoms with Gasteiger partial charge in [-0.15, -0.1) is 0 Å². The molecule has 0 aliphatic heterocycles. The quantitative estimate of drug-likeness (QED) is 0.847. The lowest BCUT2D eigenvalue weighted by Crippen LogP contribution is -2.08. The molecule has 1 aromatic carbocycles. The molecule has 0 amide bonds. The van der Waals surface area contributed by atoms with Crippen LogP contribution in [0.3, 0.4) is 0 Å². The predicted octanol–water partition coefficient (Wildman–Crippen LogP) is 2.60. The van der Waals surface area contributed by atoms with Gasteiger partial charge in [0.25, 0.3) is 0 Å². The first-order chi connectivity index (χ1) is 7.61. The average Bonchev–Trinajstić information content (AvgIpc) is 2.28. The molecule has 0 spiro atoms. The third kappa shape index (κ3) is 2.83. The molecule has 0 radical (unpaired) electrons. The van der Waals surface area contributed by atoms with Gasteiger partial charge in [-0.2, -0.15) is 0 Å². The lowest BCUT2D eigenvalue weighted by molar-refractivity contribution is -0.116. The number of halogens is 1. The maximum atomic E-state index is 11.4. The summed E-state index contributed by atoms with van der Waals surface area (Å²) in [5, 5.41) is 9.25. The van der Waals surface area contributed by atoms with Crippen molar-refractivity contribution >= 4 is 21.7 Å². The van der Waals surface area contributed by atoms with Gasteiger partial charge in [0.05, 0.1) is 13.2 Å². The Kier molecular flexibility index (Phi) is 4.96. The Balaban J connectivity index is 3.23. The van der Waals surface area contributed by atoms with Crippen molar-refractivity contribution in [3.05, 3.63) is 29.3 Å². The normalized spacial score (nSPS) is 12.2. The minimum absolute atomic E-state index is 0.0122. The van der Waals surface area contributed by atoms with E-state index >= 15 is 0 Å². The lowest BCUT2D eigenvalue weighted by Gasteiger charge is -2.16. The van der Waals surface area contributed by atoms with Crippen molar-refractivity contribution in [2.75, 3.05) is 6.61 Å². The number of aliphatic hydroxyl groups is 1. The summed E-state index contributed by atoms with van der Waals surface area (Å²) in [6, 6.07) is 5.39. The second-order valence-corrected chi connectivity index (χ2v) is 4.31. The number of alkyl halides is 1. The fourth-order valence-electron chi connectivity index (χ4n) is 1.50. The van der Waals surface area contributed by atoms with Crippen LogP contribution in [-0.2, 0) is 11.4 Å². The maximum Gasteiger partial charge on any atom is 0.147 e. The first kappa shape index (κ1) is 13.2. The van der Waals surface area contributed by atoms with E-state index in [0.717, 1.165) is 5.56 Å². The highest BCUT2D eigenvalue weighted by molar-refractivity contribution is 9.09. The van der Waals surface area contributed by atoms with E-state index in [2.05, 4.69) is 15.9 Å². The Labute approximate surface area is 104 Å². The van der Waals surface area contributed by atoms with Crippen molar-refractivity contribution in [2.45, 2.75) is 25.3 Å². The molecule has 1 rings (SSSR count). The van der Waals surface area contributed by atoms with Gasteiger partial charge < -0.3 is 9.84 Å². The molecule has 0 saturated carbocycles. The van der Waals surface area contributed by atoms with Gasteiger partial charge in [0.15, 0.2) is 0 Å². The lowest BCUT2D eigenvalue weighted by atomic mass is 10.0. The molecule has 1 unspecified atom stereocenters. The zero-order chi connectivity index (χ0) is 12.1. The minimum Gasteiger partial charge on any atom is -0.494 e. The van der Waals surface area contributed by atoms with Gasteiger partial charge in [0, 0.05) is 5.56 Å². The third-order valence-corrected chi connectivity index (χ3v) is 3.34. The van der Waals surface area contributed by atoms with E-state index < -0.39 is 4.83 Å². The molecule has 0 fully saturated rings. The first-order valence-electron chi connectivity index (χ1n) is 5.11. The molecular weight excluding hydrogens is 272 g/mol. The molecule has 0 aromatic heterocycles. The van der Waals surface area contributed by atoms with Crippen LogP contribution in [0.5, 0.6) is 5.75 Å². The van der Waals surface area contributed by atoms with Crippen molar-refractivity contribution in [2.24, 2.45) is 0 Å². The average molecular weight is 287 g/mol. The number of carbonyl (C=O) groups excluding carboxylic acids is 1. The summed E-state index contributed by atoms with van der Waals surface area (Å²) in [7, 11) is 0. The van der Waals surface area contributed by atoms with Gasteiger partial charge in [-0.25, -0.2) is 0 Å². The van der Waals surface area contributed by atoms with E-state index in [1.807, 2.05) is 6.92 Å². The van der Waals surface area contributed by atoms with Gasteiger partial charge in [0.1, 0.15) is 16.4 Å². The van der Waals surface area contributed by atoms with Gasteiger partial charge in [0.2, 0.25) is 0 Å². The molecule has 1 atom stereocenters. The summed E-state index contributed by atoms with van der Waals surface area (Å²) in [5.41, 5.74) is 1.43. The number of ketones is 1. The zero-order valence-corrected chi connectivity index (χ0v) is 11.0. The van der Waals surface area contributed by atoms with Crippen LogP contribution in [0.2, 0.25) is 0 Å². The molecule has 16 heavy (non-hydrogen) atoms. The number of benzene rings is 1. The van der Waals surface area contributed by atoms with E-state index in [-0.39, 0.29) is 12.4 Å². The smallest absolute Gasteiger partial charge is 0.147 e. The molecule has 4 heteroatoms. The van der Waals surface area contributed by atoms with Crippen LogP contribution in [0.4, 0.5) is 0 Å². The second-order valence-electron chi connectivity index (χ2n) is 3.39. The monoisotopic (exact) mass is 286 g/mol. The highest BCUT2D eigenvalue weighted by Gasteiger charge is 2.20. The number of hydrogen-bond donors (Lipinski definition) is 1. The molecule has 0 heterocycles. The summed E-state index contributed by atoms with van der Waals surface area (Å²) in [6.07, 6.45) is 0. The fourth-order valence-corrected chi connectivity index (χ4v) is 2.02. The number of carbonyl (C=O) groups is 1. The van der Waals surface area contributed by atoms with Crippen molar-refractivity contribution in [3.8, 4) is 5.75 Å². The molecule has 0 bridgehead atoms. The van der Waals surface area contributed by atoms with Crippen molar-refractivity contribution in [3.63, 3.8) is 0 Å². The summed E-state index contributed by atoms with van der Waals surface area (Å²) < 4.78 is 5.46. The van der Waals surface area contributed by atoms with Crippen LogP contribution in [0.25, 0.3) is 0 Å². The van der Waals surface area contributed by atoms with E-state index in [9.17, 15) is 9.90 Å². The Hall–Kier alpha value is -0.870. The molecule has 3 nitrogen and oxygen atoms in total. The van der Waals surface area contributed by atoms with Gasteiger partial charge in [-0.3, -0.25) is 4.79 Å². The molecule has 88 valence electrons. The summed E-state index contributed by atoms with van der Waals surface area (Å²) in [4.78, 5) is 11.0. The Morgan fingerprint density at radius 1 is 1.56 bits per heavy atom. The van der Waals surface area contributed by atoms with E-state index in [0.29, 0.717) is 17.9 Å². The second kappa shape index (κ2) is 6.01. The number of Topliss-reactive ketones (excluding diaryl/α,β-unsaturated/α-hetero) is 1. The predicted molar refractivity (Wildman–Crippen MR) is 65.9 cm³/mol. The Morgan fingerprint density at radius 2 is 2.25 bits per heavy atom. The van der Waals surface area contributed by atoms with Crippen molar-refractivity contribution in [1.29, 1.82) is 0 Å². The molecule has 0 aliphatic carbocycles. The summed E-state index contributed by atoms with van der Waals surface area (Å²) in [6.45, 7) is 3.81. The SMILES string of the molecule is CCOc1cccc(CO)c1C(Br)C(C)=O. The number of rotatable bonds is 5. The Bertz CT molecular complexity index is 377. The summed E-state index contributed by atoms with van der Waals surface area (Å²) in [5.74, 6) is 0.632. The van der Waals surface area contributed by atoms with Crippen LogP contribution in [0, 0.1) is 0 Å². The molecule has 0 saturated heterocycles. The number of ether oxygens (including phenoxy) is 1. The topological polar surface area (TPSA) is 46.5 Å². The summed E-state index contributed by atoms with van der Waals surface area (Å²) >= 11 is 3.32. The highest BCUT2D eigenvalue weighted by Crippen LogP contribution is 2.35. The fraction of sp³-hybridized carbons (Fsp3) is 0.417.